The van der Waals surface area contributed by atoms with Gasteiger partial charge < -0.3 is 4.74 Å². The van der Waals surface area contributed by atoms with Gasteiger partial charge in [-0.25, -0.2) is 0 Å². The van der Waals surface area contributed by atoms with Crippen LogP contribution >= 0.6 is 0 Å². The van der Waals surface area contributed by atoms with Gasteiger partial charge in [0.1, 0.15) is 5.75 Å². The lowest BCUT2D eigenvalue weighted by Gasteiger charge is -2.24. The summed E-state index contributed by atoms with van der Waals surface area (Å²) in [4.78, 5) is 22.3. The molecule has 0 spiro atoms. The number of ketones is 1. The van der Waals surface area contributed by atoms with E-state index in [1.165, 1.54) is 25.1 Å². The maximum atomic E-state index is 11.6. The second-order valence-corrected chi connectivity index (χ2v) is 6.59. The van der Waals surface area contributed by atoms with E-state index in [1.54, 1.807) is 18.2 Å². The Morgan fingerprint density at radius 3 is 2.57 bits per heavy atom. The van der Waals surface area contributed by atoms with Gasteiger partial charge in [-0.05, 0) is 31.5 Å². The number of non-ortho nitro benzene ring substituents is 1. The van der Waals surface area contributed by atoms with Crippen molar-refractivity contribution in [2.24, 2.45) is 5.10 Å². The van der Waals surface area contributed by atoms with Crippen LogP contribution in [-0.4, -0.2) is 28.5 Å². The Bertz CT molecular complexity index is 964. The number of allylic oxidation sites excluding steroid dienone is 2. The molecule has 1 aliphatic rings. The number of benzene rings is 2. The van der Waals surface area contributed by atoms with Gasteiger partial charge in [0.15, 0.2) is 5.78 Å². The molecule has 28 heavy (non-hydrogen) atoms. The molecular weight excluding hydrogens is 358 g/mol. The highest BCUT2D eigenvalue weighted by Gasteiger charge is 2.30. The van der Waals surface area contributed by atoms with Crippen molar-refractivity contribution in [2.45, 2.75) is 26.3 Å². The van der Waals surface area contributed by atoms with Crippen LogP contribution in [0.3, 0.4) is 0 Å². The van der Waals surface area contributed by atoms with Crippen molar-refractivity contribution in [1.82, 2.24) is 5.01 Å². The van der Waals surface area contributed by atoms with Gasteiger partial charge >= 0.3 is 0 Å². The first-order valence-corrected chi connectivity index (χ1v) is 8.83. The number of nitrogens with zero attached hydrogens (tertiary/aromatic N) is 3. The van der Waals surface area contributed by atoms with Crippen molar-refractivity contribution < 1.29 is 14.5 Å². The number of ether oxygens (including phenoxy) is 1. The highest BCUT2D eigenvalue weighted by Crippen LogP contribution is 2.36. The molecule has 7 nitrogen and oxygen atoms in total. The van der Waals surface area contributed by atoms with Gasteiger partial charge in [0, 0.05) is 35.9 Å². The summed E-state index contributed by atoms with van der Waals surface area (Å²) in [5.41, 5.74) is 3.19. The van der Waals surface area contributed by atoms with Crippen LogP contribution in [0.15, 0.2) is 65.4 Å². The third-order valence-corrected chi connectivity index (χ3v) is 4.57. The van der Waals surface area contributed by atoms with Gasteiger partial charge in [0.05, 0.1) is 23.8 Å². The number of hydrazone groups is 1. The Morgan fingerprint density at radius 1 is 1.25 bits per heavy atom. The van der Waals surface area contributed by atoms with E-state index in [4.69, 9.17) is 4.74 Å². The molecule has 2 aromatic carbocycles. The van der Waals surface area contributed by atoms with Gasteiger partial charge in [0.25, 0.3) is 5.69 Å². The van der Waals surface area contributed by atoms with E-state index in [0.717, 1.165) is 17.0 Å². The van der Waals surface area contributed by atoms with E-state index in [-0.39, 0.29) is 17.5 Å². The minimum Gasteiger partial charge on any atom is -0.497 e. The van der Waals surface area contributed by atoms with Crippen LogP contribution in [0.2, 0.25) is 0 Å². The average molecular weight is 379 g/mol. The smallest absolute Gasteiger partial charge is 0.270 e. The van der Waals surface area contributed by atoms with Gasteiger partial charge in [-0.3, -0.25) is 19.9 Å². The number of hydrogen-bond donors (Lipinski definition) is 0. The second kappa shape index (κ2) is 8.04. The van der Waals surface area contributed by atoms with Crippen LogP contribution in [0.1, 0.15) is 37.4 Å². The van der Waals surface area contributed by atoms with E-state index < -0.39 is 4.92 Å². The van der Waals surface area contributed by atoms with E-state index in [2.05, 4.69) is 5.10 Å². The lowest BCUT2D eigenvalue weighted by molar-refractivity contribution is -0.384. The molecule has 0 N–H and O–H groups in total. The first kappa shape index (κ1) is 19.3. The molecule has 0 fully saturated rings. The third-order valence-electron chi connectivity index (χ3n) is 4.57. The molecule has 1 heterocycles. The molecule has 3 rings (SSSR count). The summed E-state index contributed by atoms with van der Waals surface area (Å²) in [7, 11) is 1.61. The maximum absolute atomic E-state index is 11.6. The fourth-order valence-electron chi connectivity index (χ4n) is 3.25. The van der Waals surface area contributed by atoms with Crippen molar-refractivity contribution in [1.29, 1.82) is 0 Å². The largest absolute Gasteiger partial charge is 0.497 e. The molecule has 1 atom stereocenters. The summed E-state index contributed by atoms with van der Waals surface area (Å²) in [5.74, 6) is 0.689. The Morgan fingerprint density at radius 2 is 1.96 bits per heavy atom. The third kappa shape index (κ3) is 4.09. The first-order valence-electron chi connectivity index (χ1n) is 8.83. The molecular formula is C21H21N3O4. The predicted molar refractivity (Wildman–Crippen MR) is 106 cm³/mol. The van der Waals surface area contributed by atoms with Gasteiger partial charge in [0.2, 0.25) is 0 Å². The van der Waals surface area contributed by atoms with Crippen molar-refractivity contribution in [3.05, 3.63) is 81.5 Å². The summed E-state index contributed by atoms with van der Waals surface area (Å²) in [6, 6.07) is 14.0. The fraction of sp³-hybridized carbons (Fsp3) is 0.238. The molecule has 0 unspecified atom stereocenters. The Hall–Kier alpha value is -3.48. The summed E-state index contributed by atoms with van der Waals surface area (Å²) in [5, 5.41) is 17.6. The van der Waals surface area contributed by atoms with E-state index in [1.807, 2.05) is 37.3 Å². The van der Waals surface area contributed by atoms with Gasteiger partial charge in [-0.2, -0.15) is 5.10 Å². The van der Waals surface area contributed by atoms with E-state index in [0.29, 0.717) is 17.7 Å². The minimum atomic E-state index is -0.418. The average Bonchev–Trinajstić information content (AvgIpc) is 3.13. The fourth-order valence-corrected chi connectivity index (χ4v) is 3.25. The number of nitro benzene ring substituents is 1. The summed E-state index contributed by atoms with van der Waals surface area (Å²) >= 11 is 0. The van der Waals surface area contributed by atoms with E-state index in [9.17, 15) is 14.9 Å². The highest BCUT2D eigenvalue weighted by atomic mass is 16.6. The molecule has 7 heteroatoms. The monoisotopic (exact) mass is 379 g/mol. The molecule has 0 aliphatic carbocycles. The standard InChI is InChI=1S/C21H21N3O4/c1-14(11-15(2)25)23-21(16-7-9-19(28-3)10-8-16)13-20(22-23)17-5-4-6-18(12-17)24(26)27/h4-12,21H,13H2,1-3H3/b14-11+/t21-/m1/s1. The van der Waals surface area contributed by atoms with Crippen molar-refractivity contribution in [3.8, 4) is 5.75 Å². The molecule has 0 aromatic heterocycles. The molecule has 1 aliphatic heterocycles. The Labute approximate surface area is 163 Å². The van der Waals surface area contributed by atoms with Gasteiger partial charge in [-0.15, -0.1) is 0 Å². The Balaban J connectivity index is 2.00. The molecule has 144 valence electrons. The summed E-state index contributed by atoms with van der Waals surface area (Å²) in [6.45, 7) is 3.32. The van der Waals surface area contributed by atoms with E-state index >= 15 is 0 Å². The number of hydrogen-bond acceptors (Lipinski definition) is 6. The zero-order valence-electron chi connectivity index (χ0n) is 16.0. The summed E-state index contributed by atoms with van der Waals surface area (Å²) < 4.78 is 5.22. The number of nitro groups is 1. The van der Waals surface area contributed by atoms with Crippen LogP contribution in [-0.2, 0) is 4.79 Å². The lowest BCUT2D eigenvalue weighted by atomic mass is 9.98. The highest BCUT2D eigenvalue weighted by molar-refractivity contribution is 6.02. The van der Waals surface area contributed by atoms with Crippen LogP contribution in [0.25, 0.3) is 0 Å². The molecule has 0 saturated heterocycles. The number of carbonyl (C=O) groups excluding carboxylic acids is 1. The maximum Gasteiger partial charge on any atom is 0.270 e. The lowest BCUT2D eigenvalue weighted by Crippen LogP contribution is -2.18. The number of rotatable bonds is 6. The van der Waals surface area contributed by atoms with Gasteiger partial charge in [-0.1, -0.05) is 24.3 Å². The number of methoxy groups -OCH3 is 1. The van der Waals surface area contributed by atoms with Crippen LogP contribution < -0.4 is 4.74 Å². The second-order valence-electron chi connectivity index (χ2n) is 6.59. The van der Waals surface area contributed by atoms with Crippen molar-refractivity contribution in [2.75, 3.05) is 7.11 Å². The first-order chi connectivity index (χ1) is 13.4. The summed E-state index contributed by atoms with van der Waals surface area (Å²) in [6.07, 6.45) is 2.10. The van der Waals surface area contributed by atoms with Crippen LogP contribution in [0, 0.1) is 10.1 Å². The number of carbonyl (C=O) groups is 1. The van der Waals surface area contributed by atoms with Crippen LogP contribution in [0.5, 0.6) is 5.75 Å². The van der Waals surface area contributed by atoms with Crippen molar-refractivity contribution >= 4 is 17.2 Å². The van der Waals surface area contributed by atoms with Crippen LogP contribution in [0.4, 0.5) is 5.69 Å². The normalized spacial score (nSPS) is 16.7. The molecule has 0 amide bonds. The molecule has 0 bridgehead atoms. The minimum absolute atomic E-state index is 0.0237. The zero-order valence-corrected chi connectivity index (χ0v) is 16.0. The molecule has 2 aromatic rings. The quantitative estimate of drug-likeness (QED) is 0.426. The Kier molecular flexibility index (Phi) is 5.54. The molecule has 0 radical (unpaired) electrons. The predicted octanol–water partition coefficient (Wildman–Crippen LogP) is 4.25. The topological polar surface area (TPSA) is 85.0 Å². The zero-order chi connectivity index (χ0) is 20.3. The van der Waals surface area contributed by atoms with Crippen molar-refractivity contribution in [3.63, 3.8) is 0 Å². The molecule has 0 saturated carbocycles. The SMILES string of the molecule is COc1ccc([C@H]2CC(c3cccc([N+](=O)[O-])c3)=NN2/C(C)=C/C(C)=O)cc1.